The first-order valence-corrected chi connectivity index (χ1v) is 7.76. The van der Waals surface area contributed by atoms with E-state index in [4.69, 9.17) is 13.8 Å². The molecule has 0 aromatic heterocycles. The van der Waals surface area contributed by atoms with Crippen LogP contribution in [0.15, 0.2) is 0 Å². The summed E-state index contributed by atoms with van der Waals surface area (Å²) in [6, 6.07) is 0.288. The third-order valence-corrected chi connectivity index (χ3v) is 4.19. The number of epoxide rings is 1. The van der Waals surface area contributed by atoms with E-state index in [1.165, 1.54) is 0 Å². The van der Waals surface area contributed by atoms with Gasteiger partial charge in [0.1, 0.15) is 12.2 Å². The molecular weight excluding hydrogens is 246 g/mol. The van der Waals surface area contributed by atoms with E-state index in [0.29, 0.717) is 19.4 Å². The van der Waals surface area contributed by atoms with Gasteiger partial charge in [0, 0.05) is 0 Å². The first-order valence-electron chi connectivity index (χ1n) is 5.94. The highest BCUT2D eigenvalue weighted by atomic mass is 32.2. The summed E-state index contributed by atoms with van der Waals surface area (Å²) < 4.78 is 32.9. The van der Waals surface area contributed by atoms with Crippen molar-refractivity contribution in [2.75, 3.05) is 12.9 Å². The Hall–Kier alpha value is -0.210. The van der Waals surface area contributed by atoms with Gasteiger partial charge in [-0.25, -0.2) is 0 Å². The number of fused-ring (bicyclic) bond motifs is 5. The normalized spacial score (nSPS) is 44.7. The summed E-state index contributed by atoms with van der Waals surface area (Å²) in [7, 11) is -3.38. The van der Waals surface area contributed by atoms with Crippen molar-refractivity contribution in [1.82, 2.24) is 5.06 Å². The molecule has 3 fully saturated rings. The predicted octanol–water partition coefficient (Wildman–Crippen LogP) is -0.103. The van der Waals surface area contributed by atoms with Gasteiger partial charge in [-0.05, 0) is 19.8 Å². The van der Waals surface area contributed by atoms with E-state index in [1.807, 2.05) is 12.0 Å². The molecule has 3 heterocycles. The zero-order valence-corrected chi connectivity index (χ0v) is 10.7. The van der Waals surface area contributed by atoms with Crippen molar-refractivity contribution in [3.05, 3.63) is 0 Å². The summed E-state index contributed by atoms with van der Waals surface area (Å²) in [5, 5.41) is 1.99. The molecule has 4 atom stereocenters. The van der Waals surface area contributed by atoms with Crippen LogP contribution in [0.4, 0.5) is 0 Å². The minimum absolute atomic E-state index is 0.144. The summed E-state index contributed by atoms with van der Waals surface area (Å²) in [5.74, 6) is 0. The number of morpholine rings is 1. The summed E-state index contributed by atoms with van der Waals surface area (Å²) in [6.07, 6.45) is 2.60. The Morgan fingerprint density at radius 1 is 1.29 bits per heavy atom. The van der Waals surface area contributed by atoms with Crippen LogP contribution in [0.1, 0.15) is 19.8 Å². The van der Waals surface area contributed by atoms with Gasteiger partial charge in [0.25, 0.3) is 10.1 Å². The van der Waals surface area contributed by atoms with Gasteiger partial charge < -0.3 is 4.74 Å². The molecule has 0 spiro atoms. The van der Waals surface area contributed by atoms with Crippen LogP contribution < -0.4 is 0 Å². The Morgan fingerprint density at radius 2 is 1.88 bits per heavy atom. The maximum Gasteiger partial charge on any atom is 0.264 e. The minimum Gasteiger partial charge on any atom is -0.366 e. The lowest BCUT2D eigenvalue weighted by molar-refractivity contribution is -0.232. The van der Waals surface area contributed by atoms with Crippen LogP contribution in [0.3, 0.4) is 0 Å². The summed E-state index contributed by atoms with van der Waals surface area (Å²) in [5.41, 5.74) is 0. The lowest BCUT2D eigenvalue weighted by atomic mass is 10.0. The third kappa shape index (κ3) is 2.10. The van der Waals surface area contributed by atoms with Crippen LogP contribution >= 0.6 is 0 Å². The first kappa shape index (κ1) is 11.9. The Labute approximate surface area is 101 Å². The van der Waals surface area contributed by atoms with Gasteiger partial charge in [-0.15, -0.1) is 0 Å². The van der Waals surface area contributed by atoms with E-state index in [1.54, 1.807) is 0 Å². The first-order chi connectivity index (χ1) is 7.99. The van der Waals surface area contributed by atoms with E-state index >= 15 is 0 Å². The van der Waals surface area contributed by atoms with Crippen LogP contribution in [-0.2, 0) is 23.9 Å². The summed E-state index contributed by atoms with van der Waals surface area (Å²) in [4.78, 5) is 5.60. The quantitative estimate of drug-likeness (QED) is 0.521. The van der Waals surface area contributed by atoms with Crippen molar-refractivity contribution < 1.29 is 22.2 Å². The highest BCUT2D eigenvalue weighted by molar-refractivity contribution is 7.86. The molecule has 98 valence electrons. The zero-order valence-electron chi connectivity index (χ0n) is 9.90. The van der Waals surface area contributed by atoms with Gasteiger partial charge in [-0.3, -0.25) is 9.02 Å². The molecule has 0 radical (unpaired) electrons. The average molecular weight is 263 g/mol. The topological polar surface area (TPSA) is 68.4 Å². The molecule has 3 aliphatic rings. The minimum atomic E-state index is -3.38. The van der Waals surface area contributed by atoms with Gasteiger partial charge in [-0.2, -0.15) is 13.5 Å². The van der Waals surface area contributed by atoms with Gasteiger partial charge in [-0.1, -0.05) is 0 Å². The summed E-state index contributed by atoms with van der Waals surface area (Å²) in [6.45, 7) is 2.58. The largest absolute Gasteiger partial charge is 0.366 e. The van der Waals surface area contributed by atoms with Crippen molar-refractivity contribution in [3.8, 4) is 0 Å². The number of hydrogen-bond acceptors (Lipinski definition) is 6. The van der Waals surface area contributed by atoms with Gasteiger partial charge in [0.15, 0.2) is 0 Å². The van der Waals surface area contributed by atoms with Crippen LogP contribution in [0, 0.1) is 0 Å². The Bertz CT molecular complexity index is 393. The Kier molecular flexibility index (Phi) is 2.71. The standard InChI is InChI=1S/C10H17NO5S/c1-3-14-11-7-4-6(16-17(2,12)13)5-8(11)10-9(7)15-10/h6-10H,3-5H2,1-2H3. The van der Waals surface area contributed by atoms with E-state index in [2.05, 4.69) is 0 Å². The van der Waals surface area contributed by atoms with Crippen molar-refractivity contribution in [2.45, 2.75) is 50.2 Å². The molecule has 0 N–H and O–H groups in total. The third-order valence-electron chi connectivity index (χ3n) is 3.57. The van der Waals surface area contributed by atoms with Crippen molar-refractivity contribution >= 4 is 10.1 Å². The number of hydrogen-bond donors (Lipinski definition) is 0. The van der Waals surface area contributed by atoms with Crippen LogP contribution in [0.2, 0.25) is 0 Å². The molecule has 7 heteroatoms. The molecule has 6 nitrogen and oxygen atoms in total. The van der Waals surface area contributed by atoms with E-state index in [9.17, 15) is 8.42 Å². The number of hydroxylamine groups is 2. The molecule has 3 aliphatic heterocycles. The van der Waals surface area contributed by atoms with Crippen molar-refractivity contribution in [3.63, 3.8) is 0 Å². The van der Waals surface area contributed by atoms with Gasteiger partial charge in [0.2, 0.25) is 0 Å². The number of nitrogens with zero attached hydrogens (tertiary/aromatic N) is 1. The molecule has 4 unspecified atom stereocenters. The molecule has 3 saturated heterocycles. The summed E-state index contributed by atoms with van der Waals surface area (Å²) >= 11 is 0. The Balaban J connectivity index is 1.70. The highest BCUT2D eigenvalue weighted by Gasteiger charge is 2.64. The molecule has 2 bridgehead atoms. The van der Waals surface area contributed by atoms with Crippen LogP contribution in [-0.4, -0.2) is 56.7 Å². The second-order valence-electron chi connectivity index (χ2n) is 4.87. The number of piperidine rings is 1. The smallest absolute Gasteiger partial charge is 0.264 e. The molecule has 3 rings (SSSR count). The van der Waals surface area contributed by atoms with Gasteiger partial charge >= 0.3 is 0 Å². The van der Waals surface area contributed by atoms with Crippen molar-refractivity contribution in [2.24, 2.45) is 0 Å². The fourth-order valence-corrected chi connectivity index (χ4v) is 3.72. The molecule has 0 aromatic carbocycles. The van der Waals surface area contributed by atoms with Crippen LogP contribution in [0.5, 0.6) is 0 Å². The molecule has 0 amide bonds. The van der Waals surface area contributed by atoms with E-state index in [-0.39, 0.29) is 30.4 Å². The average Bonchev–Trinajstić information content (AvgIpc) is 2.92. The maximum absolute atomic E-state index is 11.1. The fourth-order valence-electron chi connectivity index (χ4n) is 3.07. The number of rotatable bonds is 4. The predicted molar refractivity (Wildman–Crippen MR) is 58.7 cm³/mol. The highest BCUT2D eigenvalue weighted by Crippen LogP contribution is 2.49. The fraction of sp³-hybridized carbons (Fsp3) is 1.00. The molecule has 17 heavy (non-hydrogen) atoms. The van der Waals surface area contributed by atoms with Crippen molar-refractivity contribution in [1.29, 1.82) is 0 Å². The van der Waals surface area contributed by atoms with Gasteiger partial charge in [0.05, 0.1) is 31.1 Å². The molecule has 0 aliphatic carbocycles. The lowest BCUT2D eigenvalue weighted by Gasteiger charge is -2.38. The molecule has 0 saturated carbocycles. The second-order valence-corrected chi connectivity index (χ2v) is 6.47. The lowest BCUT2D eigenvalue weighted by Crippen LogP contribution is -2.49. The Morgan fingerprint density at radius 3 is 2.35 bits per heavy atom. The second kappa shape index (κ2) is 3.89. The monoisotopic (exact) mass is 263 g/mol. The van der Waals surface area contributed by atoms with Crippen LogP contribution in [0.25, 0.3) is 0 Å². The maximum atomic E-state index is 11.1. The number of ether oxygens (including phenoxy) is 1. The van der Waals surface area contributed by atoms with E-state index in [0.717, 1.165) is 6.26 Å². The molecule has 0 aromatic rings. The zero-order chi connectivity index (χ0) is 12.2. The molecular formula is C10H17NO5S. The SMILES string of the molecule is CCON1C2CC(OS(C)(=O)=O)CC1C1OC12. The van der Waals surface area contributed by atoms with E-state index < -0.39 is 10.1 Å².